The minimum absolute atomic E-state index is 0.0187. The van der Waals surface area contributed by atoms with Gasteiger partial charge in [-0.3, -0.25) is 20.4 Å². The largest absolute Gasteiger partial charge is 0.508 e. The van der Waals surface area contributed by atoms with Crippen LogP contribution in [-0.2, 0) is 16.0 Å². The van der Waals surface area contributed by atoms with Crippen molar-refractivity contribution in [3.05, 3.63) is 29.8 Å². The Kier molecular flexibility index (Phi) is 8.32. The maximum atomic E-state index is 12.5. The molecule has 0 aliphatic heterocycles. The van der Waals surface area contributed by atoms with E-state index in [0.717, 1.165) is 5.56 Å². The van der Waals surface area contributed by atoms with Crippen LogP contribution in [0.4, 0.5) is 0 Å². The van der Waals surface area contributed by atoms with E-state index in [1.807, 2.05) is 0 Å². The predicted molar refractivity (Wildman–Crippen MR) is 98.6 cm³/mol. The molecule has 0 aliphatic rings. The molecule has 26 heavy (non-hydrogen) atoms. The van der Waals surface area contributed by atoms with Crippen LogP contribution in [0.5, 0.6) is 5.75 Å². The van der Waals surface area contributed by atoms with Crippen molar-refractivity contribution >= 4 is 17.8 Å². The molecule has 144 valence electrons. The number of carbonyl (C=O) groups excluding carboxylic acids is 2. The maximum Gasteiger partial charge on any atom is 0.240 e. The molecule has 0 spiro atoms. The second-order valence-electron chi connectivity index (χ2n) is 5.96. The molecule has 0 radical (unpaired) electrons. The van der Waals surface area contributed by atoms with Crippen molar-refractivity contribution in [2.45, 2.75) is 31.3 Å². The van der Waals surface area contributed by atoms with E-state index in [2.05, 4.69) is 10.3 Å². The van der Waals surface area contributed by atoms with Gasteiger partial charge in [-0.25, -0.2) is 5.01 Å². The fourth-order valence-electron chi connectivity index (χ4n) is 2.37. The third kappa shape index (κ3) is 7.36. The summed E-state index contributed by atoms with van der Waals surface area (Å²) in [7, 11) is 1.56. The zero-order valence-electron chi connectivity index (χ0n) is 14.8. The fraction of sp³-hybridized carbons (Fsp3) is 0.438. The number of aromatic hydroxyl groups is 1. The van der Waals surface area contributed by atoms with Crippen molar-refractivity contribution in [3.63, 3.8) is 0 Å². The molecule has 2 amide bonds. The van der Waals surface area contributed by atoms with Crippen LogP contribution in [0.3, 0.4) is 0 Å². The van der Waals surface area contributed by atoms with Gasteiger partial charge in [-0.15, -0.1) is 0 Å². The van der Waals surface area contributed by atoms with E-state index in [-0.39, 0.29) is 18.1 Å². The van der Waals surface area contributed by atoms with Gasteiger partial charge in [0.05, 0.1) is 0 Å². The molecule has 0 saturated carbocycles. The molecule has 10 nitrogen and oxygen atoms in total. The number of guanidine groups is 1. The van der Waals surface area contributed by atoms with Gasteiger partial charge in [-0.2, -0.15) is 0 Å². The van der Waals surface area contributed by atoms with Crippen LogP contribution in [0.1, 0.15) is 18.4 Å². The van der Waals surface area contributed by atoms with Crippen molar-refractivity contribution in [1.29, 1.82) is 0 Å². The fourth-order valence-corrected chi connectivity index (χ4v) is 2.37. The number of hydrogen-bond donors (Lipinski definition) is 6. The second kappa shape index (κ2) is 10.2. The molecule has 10 N–H and O–H groups in total. The molecule has 1 rings (SSSR count). The number of hydrogen-bond acceptors (Lipinski definition) is 6. The minimum Gasteiger partial charge on any atom is -0.508 e. The number of nitrogens with two attached hydrogens (primary N) is 4. The van der Waals surface area contributed by atoms with Gasteiger partial charge in [-0.05, 0) is 30.5 Å². The lowest BCUT2D eigenvalue weighted by atomic mass is 10.0. The minimum atomic E-state index is -0.896. The monoisotopic (exact) mass is 365 g/mol. The quantitative estimate of drug-likeness (QED) is 0.0921. The number of phenolic OH excluding ortho intramolecular Hbond substituents is 1. The molecule has 1 aromatic carbocycles. The van der Waals surface area contributed by atoms with Gasteiger partial charge in [0.25, 0.3) is 0 Å². The third-order valence-corrected chi connectivity index (χ3v) is 3.76. The van der Waals surface area contributed by atoms with Gasteiger partial charge < -0.3 is 27.6 Å². The maximum absolute atomic E-state index is 12.5. The van der Waals surface area contributed by atoms with Crippen molar-refractivity contribution in [3.8, 4) is 5.75 Å². The number of benzene rings is 1. The molecule has 0 saturated heterocycles. The standard InChI is InChI=1S/C16H27N7O3/c1-23(20)13(3-2-8-21-16(18)19)15(26)22-12(14(17)25)9-10-4-6-11(24)7-5-10/h4-7,12-13,24H,2-3,8-9,20H2,1H3,(H2,17,25)(H,22,26)(H4,18,19,21). The summed E-state index contributed by atoms with van der Waals surface area (Å²) in [4.78, 5) is 28.1. The molecule has 0 fully saturated rings. The Morgan fingerprint density at radius 3 is 2.35 bits per heavy atom. The average Bonchev–Trinajstić information content (AvgIpc) is 2.55. The summed E-state index contributed by atoms with van der Waals surface area (Å²) in [5, 5.41) is 13.2. The van der Waals surface area contributed by atoms with Crippen molar-refractivity contribution in [2.24, 2.45) is 28.0 Å². The van der Waals surface area contributed by atoms with Gasteiger partial charge in [0, 0.05) is 20.0 Å². The molecule has 0 aliphatic carbocycles. The number of primary amides is 1. The number of hydrazine groups is 1. The van der Waals surface area contributed by atoms with Crippen LogP contribution in [0, 0.1) is 0 Å². The summed E-state index contributed by atoms with van der Waals surface area (Å²) in [6.45, 7) is 0.368. The molecule has 0 bridgehead atoms. The zero-order valence-corrected chi connectivity index (χ0v) is 14.8. The molecule has 1 aromatic rings. The van der Waals surface area contributed by atoms with E-state index >= 15 is 0 Å². The molecule has 2 atom stereocenters. The molecule has 2 unspecified atom stereocenters. The molecule has 0 aromatic heterocycles. The number of amides is 2. The number of likely N-dealkylation sites (N-methyl/N-ethyl adjacent to an activating group) is 1. The number of rotatable bonds is 10. The van der Waals surface area contributed by atoms with Crippen molar-refractivity contribution in [1.82, 2.24) is 10.3 Å². The first-order valence-corrected chi connectivity index (χ1v) is 8.11. The highest BCUT2D eigenvalue weighted by molar-refractivity contribution is 5.89. The van der Waals surface area contributed by atoms with Crippen molar-refractivity contribution < 1.29 is 14.7 Å². The Bertz CT molecular complexity index is 627. The van der Waals surface area contributed by atoms with Gasteiger partial charge >= 0.3 is 0 Å². The first-order valence-electron chi connectivity index (χ1n) is 8.11. The summed E-state index contributed by atoms with van der Waals surface area (Å²) in [6.07, 6.45) is 1.15. The third-order valence-electron chi connectivity index (χ3n) is 3.76. The van der Waals surface area contributed by atoms with Gasteiger partial charge in [0.1, 0.15) is 17.8 Å². The predicted octanol–water partition coefficient (Wildman–Crippen LogP) is -1.87. The number of carbonyl (C=O) groups is 2. The number of phenols is 1. The first kappa shape index (κ1) is 21.2. The van der Waals surface area contributed by atoms with E-state index < -0.39 is 23.9 Å². The average molecular weight is 365 g/mol. The summed E-state index contributed by atoms with van der Waals surface area (Å²) in [5.41, 5.74) is 16.7. The zero-order chi connectivity index (χ0) is 19.7. The van der Waals surface area contributed by atoms with Gasteiger partial charge in [-0.1, -0.05) is 12.1 Å². The van der Waals surface area contributed by atoms with E-state index in [1.165, 1.54) is 17.1 Å². The second-order valence-corrected chi connectivity index (χ2v) is 5.96. The van der Waals surface area contributed by atoms with Crippen LogP contribution < -0.4 is 28.4 Å². The van der Waals surface area contributed by atoms with Crippen LogP contribution in [0.2, 0.25) is 0 Å². The highest BCUT2D eigenvalue weighted by Gasteiger charge is 2.26. The van der Waals surface area contributed by atoms with E-state index in [4.69, 9.17) is 23.0 Å². The topological polar surface area (TPSA) is 186 Å². The number of nitrogens with zero attached hydrogens (tertiary/aromatic N) is 2. The molecular weight excluding hydrogens is 338 g/mol. The van der Waals surface area contributed by atoms with Crippen LogP contribution >= 0.6 is 0 Å². The SMILES string of the molecule is CN(N)C(CCCN=C(N)N)C(=O)NC(Cc1ccc(O)cc1)C(N)=O. The Hall–Kier alpha value is -2.85. The molecular formula is C16H27N7O3. The Labute approximate surface area is 152 Å². The lowest BCUT2D eigenvalue weighted by molar-refractivity contribution is -0.130. The number of nitrogens with one attached hydrogen (secondary N) is 1. The normalized spacial score (nSPS) is 13.0. The summed E-state index contributed by atoms with van der Waals surface area (Å²) in [6, 6.07) is 4.74. The Morgan fingerprint density at radius 1 is 1.23 bits per heavy atom. The lowest BCUT2D eigenvalue weighted by Gasteiger charge is -2.25. The van der Waals surface area contributed by atoms with E-state index in [0.29, 0.717) is 19.4 Å². The van der Waals surface area contributed by atoms with Gasteiger partial charge in [0.2, 0.25) is 11.8 Å². The smallest absolute Gasteiger partial charge is 0.240 e. The molecule has 10 heteroatoms. The van der Waals surface area contributed by atoms with E-state index in [9.17, 15) is 14.7 Å². The highest BCUT2D eigenvalue weighted by atomic mass is 16.3. The first-order chi connectivity index (χ1) is 12.2. The van der Waals surface area contributed by atoms with Gasteiger partial charge in [0.15, 0.2) is 5.96 Å². The van der Waals surface area contributed by atoms with Crippen LogP contribution in [-0.4, -0.2) is 53.6 Å². The summed E-state index contributed by atoms with van der Waals surface area (Å²) in [5.74, 6) is 4.76. The van der Waals surface area contributed by atoms with Crippen LogP contribution in [0.15, 0.2) is 29.3 Å². The Balaban J connectivity index is 2.71. The highest BCUT2D eigenvalue weighted by Crippen LogP contribution is 2.12. The summed E-state index contributed by atoms with van der Waals surface area (Å²) < 4.78 is 0. The van der Waals surface area contributed by atoms with E-state index in [1.54, 1.807) is 19.2 Å². The molecule has 0 heterocycles. The van der Waals surface area contributed by atoms with Crippen LogP contribution in [0.25, 0.3) is 0 Å². The lowest BCUT2D eigenvalue weighted by Crippen LogP contribution is -2.54. The van der Waals surface area contributed by atoms with Crippen molar-refractivity contribution in [2.75, 3.05) is 13.6 Å². The summed E-state index contributed by atoms with van der Waals surface area (Å²) >= 11 is 0. The number of aliphatic imine (C=N–C) groups is 1. The Morgan fingerprint density at radius 2 is 1.85 bits per heavy atom.